The van der Waals surface area contributed by atoms with E-state index in [4.69, 9.17) is 5.73 Å². The molecule has 2 N–H and O–H groups in total. The van der Waals surface area contributed by atoms with E-state index in [0.717, 1.165) is 6.54 Å². The lowest BCUT2D eigenvalue weighted by molar-refractivity contribution is 0.253. The zero-order valence-electron chi connectivity index (χ0n) is 6.42. The average molecular weight is 168 g/mol. The summed E-state index contributed by atoms with van der Waals surface area (Å²) in [4.78, 5) is 0. The first kappa shape index (κ1) is 7.25. The van der Waals surface area contributed by atoms with Gasteiger partial charge >= 0.3 is 0 Å². The Morgan fingerprint density at radius 3 is 2.82 bits per heavy atom. The molecule has 3 heteroatoms. The van der Waals surface area contributed by atoms with Gasteiger partial charge in [-0.15, -0.1) is 0 Å². The summed E-state index contributed by atoms with van der Waals surface area (Å²) in [6.07, 6.45) is 5.80. The molecular formula is C8H12N2S. The molecule has 0 saturated heterocycles. The SMILES string of the molecule is NCC1(c2cnsc2)CCC1. The Hall–Kier alpha value is -0.410. The molecule has 0 amide bonds. The van der Waals surface area contributed by atoms with Gasteiger partial charge in [0.2, 0.25) is 0 Å². The highest BCUT2D eigenvalue weighted by molar-refractivity contribution is 7.03. The van der Waals surface area contributed by atoms with Gasteiger partial charge in [-0.05, 0) is 29.9 Å². The van der Waals surface area contributed by atoms with Crippen molar-refractivity contribution in [3.63, 3.8) is 0 Å². The molecule has 1 aromatic heterocycles. The van der Waals surface area contributed by atoms with Gasteiger partial charge in [-0.2, -0.15) is 0 Å². The predicted molar refractivity (Wildman–Crippen MR) is 46.7 cm³/mol. The average Bonchev–Trinajstić information content (AvgIpc) is 2.39. The molecule has 0 aliphatic heterocycles. The molecule has 1 aliphatic carbocycles. The molecule has 11 heavy (non-hydrogen) atoms. The molecule has 60 valence electrons. The highest BCUT2D eigenvalue weighted by atomic mass is 32.1. The number of nitrogens with two attached hydrogens (primary N) is 1. The topological polar surface area (TPSA) is 38.9 Å². The Morgan fingerprint density at radius 2 is 2.45 bits per heavy atom. The Bertz CT molecular complexity index is 221. The van der Waals surface area contributed by atoms with E-state index >= 15 is 0 Å². The maximum absolute atomic E-state index is 5.74. The maximum atomic E-state index is 5.74. The first-order valence-corrected chi connectivity index (χ1v) is 4.81. The van der Waals surface area contributed by atoms with Crippen molar-refractivity contribution in [1.29, 1.82) is 0 Å². The van der Waals surface area contributed by atoms with Gasteiger partial charge in [0, 0.05) is 23.5 Å². The van der Waals surface area contributed by atoms with E-state index in [2.05, 4.69) is 9.75 Å². The summed E-state index contributed by atoms with van der Waals surface area (Å²) in [5.41, 5.74) is 7.41. The Labute approximate surface area is 70.6 Å². The van der Waals surface area contributed by atoms with Crippen molar-refractivity contribution in [3.05, 3.63) is 17.1 Å². The lowest BCUT2D eigenvalue weighted by Gasteiger charge is -2.40. The number of hydrogen-bond donors (Lipinski definition) is 1. The fraction of sp³-hybridized carbons (Fsp3) is 0.625. The van der Waals surface area contributed by atoms with Crippen molar-refractivity contribution in [2.75, 3.05) is 6.54 Å². The highest BCUT2D eigenvalue weighted by Gasteiger charge is 2.37. The van der Waals surface area contributed by atoms with Crippen LogP contribution in [0.15, 0.2) is 11.6 Å². The second kappa shape index (κ2) is 2.57. The van der Waals surface area contributed by atoms with Crippen LogP contribution in [0.2, 0.25) is 0 Å². The smallest absolute Gasteiger partial charge is 0.0445 e. The third-order valence-electron chi connectivity index (χ3n) is 2.75. The minimum atomic E-state index is 0.312. The first-order valence-electron chi connectivity index (χ1n) is 3.97. The molecule has 0 atom stereocenters. The molecule has 2 rings (SSSR count). The van der Waals surface area contributed by atoms with Gasteiger partial charge in [0.25, 0.3) is 0 Å². The van der Waals surface area contributed by atoms with Crippen molar-refractivity contribution in [1.82, 2.24) is 4.37 Å². The molecule has 0 bridgehead atoms. The van der Waals surface area contributed by atoms with Gasteiger partial charge in [-0.1, -0.05) is 6.42 Å². The van der Waals surface area contributed by atoms with Crippen LogP contribution >= 0.6 is 11.5 Å². The van der Waals surface area contributed by atoms with Crippen LogP contribution in [-0.2, 0) is 5.41 Å². The molecule has 1 aromatic rings. The van der Waals surface area contributed by atoms with Crippen LogP contribution in [-0.4, -0.2) is 10.9 Å². The van der Waals surface area contributed by atoms with Crippen LogP contribution in [0.3, 0.4) is 0 Å². The quantitative estimate of drug-likeness (QED) is 0.727. The van der Waals surface area contributed by atoms with E-state index < -0.39 is 0 Å². The van der Waals surface area contributed by atoms with Crippen LogP contribution in [0.25, 0.3) is 0 Å². The van der Waals surface area contributed by atoms with Crippen molar-refractivity contribution in [2.45, 2.75) is 24.7 Å². The summed E-state index contributed by atoms with van der Waals surface area (Å²) in [6.45, 7) is 0.783. The van der Waals surface area contributed by atoms with E-state index in [1.165, 1.54) is 36.4 Å². The van der Waals surface area contributed by atoms with E-state index in [9.17, 15) is 0 Å². The van der Waals surface area contributed by atoms with E-state index in [1.54, 1.807) is 0 Å². The van der Waals surface area contributed by atoms with E-state index in [0.29, 0.717) is 5.41 Å². The molecule has 1 fully saturated rings. The van der Waals surface area contributed by atoms with Crippen molar-refractivity contribution >= 4 is 11.5 Å². The molecule has 0 radical (unpaired) electrons. The van der Waals surface area contributed by atoms with E-state index in [1.807, 2.05) is 6.20 Å². The number of nitrogens with zero attached hydrogens (tertiary/aromatic N) is 1. The summed E-state index contributed by atoms with van der Waals surface area (Å²) in [5.74, 6) is 0. The van der Waals surface area contributed by atoms with Gasteiger partial charge < -0.3 is 5.73 Å². The standard InChI is InChI=1S/C8H12N2S/c9-6-8(2-1-3-8)7-4-10-11-5-7/h4-5H,1-3,6,9H2. The summed E-state index contributed by atoms with van der Waals surface area (Å²) in [5, 5.41) is 2.13. The molecule has 2 nitrogen and oxygen atoms in total. The van der Waals surface area contributed by atoms with Gasteiger partial charge in [0.15, 0.2) is 0 Å². The summed E-state index contributed by atoms with van der Waals surface area (Å²) >= 11 is 1.53. The molecule has 0 spiro atoms. The fourth-order valence-electron chi connectivity index (χ4n) is 1.68. The molecular weight excluding hydrogens is 156 g/mol. The zero-order valence-corrected chi connectivity index (χ0v) is 7.23. The molecule has 1 heterocycles. The monoisotopic (exact) mass is 168 g/mol. The lowest BCUT2D eigenvalue weighted by Crippen LogP contribution is -2.41. The van der Waals surface area contributed by atoms with Crippen LogP contribution in [0.4, 0.5) is 0 Å². The minimum Gasteiger partial charge on any atom is -0.330 e. The largest absolute Gasteiger partial charge is 0.330 e. The van der Waals surface area contributed by atoms with E-state index in [-0.39, 0.29) is 0 Å². The Balaban J connectivity index is 2.25. The van der Waals surface area contributed by atoms with Crippen molar-refractivity contribution in [2.24, 2.45) is 5.73 Å². The third kappa shape index (κ3) is 0.993. The second-order valence-electron chi connectivity index (χ2n) is 3.25. The summed E-state index contributed by atoms with van der Waals surface area (Å²) in [7, 11) is 0. The van der Waals surface area contributed by atoms with Crippen LogP contribution < -0.4 is 5.73 Å². The van der Waals surface area contributed by atoms with Gasteiger partial charge in [-0.3, -0.25) is 0 Å². The number of rotatable bonds is 2. The maximum Gasteiger partial charge on any atom is 0.0445 e. The Morgan fingerprint density at radius 1 is 1.64 bits per heavy atom. The van der Waals surface area contributed by atoms with Crippen LogP contribution in [0.5, 0.6) is 0 Å². The predicted octanol–water partition coefficient (Wildman–Crippen LogP) is 1.52. The minimum absolute atomic E-state index is 0.312. The second-order valence-corrected chi connectivity index (χ2v) is 3.91. The van der Waals surface area contributed by atoms with Crippen molar-refractivity contribution in [3.8, 4) is 0 Å². The number of hydrogen-bond acceptors (Lipinski definition) is 3. The Kier molecular flexibility index (Phi) is 1.69. The fourth-order valence-corrected chi connectivity index (χ4v) is 2.34. The van der Waals surface area contributed by atoms with Gasteiger partial charge in [0.05, 0.1) is 0 Å². The third-order valence-corrected chi connectivity index (χ3v) is 3.33. The molecule has 0 aromatic carbocycles. The first-order chi connectivity index (χ1) is 5.37. The van der Waals surface area contributed by atoms with Crippen molar-refractivity contribution < 1.29 is 0 Å². The zero-order chi connectivity index (χ0) is 7.73. The van der Waals surface area contributed by atoms with Crippen LogP contribution in [0, 0.1) is 0 Å². The molecule has 1 aliphatic rings. The number of aromatic nitrogens is 1. The normalized spacial score (nSPS) is 21.2. The lowest BCUT2D eigenvalue weighted by atomic mass is 9.65. The van der Waals surface area contributed by atoms with Gasteiger partial charge in [-0.25, -0.2) is 4.37 Å². The van der Waals surface area contributed by atoms with Crippen LogP contribution in [0.1, 0.15) is 24.8 Å². The van der Waals surface area contributed by atoms with Gasteiger partial charge in [0.1, 0.15) is 0 Å². The molecule has 0 unspecified atom stereocenters. The summed E-state index contributed by atoms with van der Waals surface area (Å²) in [6, 6.07) is 0. The highest BCUT2D eigenvalue weighted by Crippen LogP contribution is 2.42. The molecule has 1 saturated carbocycles. The summed E-state index contributed by atoms with van der Waals surface area (Å²) < 4.78 is 4.10.